The lowest BCUT2D eigenvalue weighted by molar-refractivity contribution is 0.0772. The molecule has 11 nitrogen and oxygen atoms in total. The predicted molar refractivity (Wildman–Crippen MR) is 153 cm³/mol. The minimum Gasteiger partial charge on any atom is -0.504 e. The molecule has 2 aromatic carbocycles. The van der Waals surface area contributed by atoms with Crippen molar-refractivity contribution in [1.29, 1.82) is 0 Å². The number of aromatic hydroxyl groups is 2. The van der Waals surface area contributed by atoms with Crippen LogP contribution in [0.4, 0.5) is 0 Å². The summed E-state index contributed by atoms with van der Waals surface area (Å²) >= 11 is 0. The highest BCUT2D eigenvalue weighted by Gasteiger charge is 2.32. The Morgan fingerprint density at radius 1 is 1.05 bits per heavy atom. The van der Waals surface area contributed by atoms with Crippen molar-refractivity contribution >= 4 is 26.8 Å². The Bertz CT molecular complexity index is 1550. The number of ether oxygens (including phenoxy) is 1. The van der Waals surface area contributed by atoms with Crippen LogP contribution in [0.15, 0.2) is 71.8 Å². The molecule has 4 aromatic rings. The second-order valence-electron chi connectivity index (χ2n) is 10.2. The van der Waals surface area contributed by atoms with Crippen LogP contribution in [0.3, 0.4) is 0 Å². The summed E-state index contributed by atoms with van der Waals surface area (Å²) < 4.78 is 33.4. The number of pyridine rings is 1. The fourth-order valence-electron chi connectivity index (χ4n) is 4.48. The van der Waals surface area contributed by atoms with Gasteiger partial charge in [0.15, 0.2) is 11.5 Å². The van der Waals surface area contributed by atoms with E-state index >= 15 is 0 Å². The Morgan fingerprint density at radius 2 is 1.76 bits per heavy atom. The number of carbonyl (C=O) groups excluding carboxylic acids is 1. The fraction of sp³-hybridized carbons (Fsp3) is 0.310. The van der Waals surface area contributed by atoms with Gasteiger partial charge >= 0.3 is 0 Å². The Morgan fingerprint density at radius 3 is 2.39 bits per heavy atom. The number of aromatic nitrogens is 2. The number of fused-ring (bicyclic) bond motifs is 1. The number of phenols is 2. The molecular weight excluding hydrogens is 548 g/mol. The molecule has 0 bridgehead atoms. The van der Waals surface area contributed by atoms with E-state index in [1.165, 1.54) is 47.9 Å². The zero-order valence-corrected chi connectivity index (χ0v) is 23.8. The molecule has 2 heterocycles. The normalized spacial score (nSPS) is 13.4. The number of carbonyl (C=O) groups is 1. The maximum Gasteiger partial charge on any atom is 0.268 e. The number of hydrogen-bond acceptors (Lipinski definition) is 8. The largest absolute Gasteiger partial charge is 0.504 e. The number of hydrogen-bond donors (Lipinski definition) is 5. The Kier molecular flexibility index (Phi) is 9.16. The molecule has 0 saturated carbocycles. The summed E-state index contributed by atoms with van der Waals surface area (Å²) in [6.45, 7) is 3.59. The van der Waals surface area contributed by atoms with Gasteiger partial charge in [0.05, 0.1) is 25.5 Å². The van der Waals surface area contributed by atoms with E-state index in [0.29, 0.717) is 10.9 Å². The molecule has 0 aliphatic heterocycles. The molecule has 0 saturated heterocycles. The molecular formula is C29H34N4O7S. The second-order valence-corrected chi connectivity index (χ2v) is 12.1. The highest BCUT2D eigenvalue weighted by atomic mass is 32.2. The van der Waals surface area contributed by atoms with E-state index in [1.807, 2.05) is 44.2 Å². The Labute approximate surface area is 238 Å². The number of benzene rings is 2. The first-order valence-corrected chi connectivity index (χ1v) is 14.5. The molecule has 41 heavy (non-hydrogen) atoms. The lowest BCUT2D eigenvalue weighted by atomic mass is 10.0. The summed E-state index contributed by atoms with van der Waals surface area (Å²) in [7, 11) is -2.61. The molecule has 12 heteroatoms. The first kappa shape index (κ1) is 29.8. The zero-order chi connectivity index (χ0) is 29.7. The lowest BCUT2D eigenvalue weighted by Crippen LogP contribution is -2.51. The monoisotopic (exact) mass is 582 g/mol. The van der Waals surface area contributed by atoms with Crippen molar-refractivity contribution < 1.29 is 33.3 Å². The third-order valence-electron chi connectivity index (χ3n) is 6.56. The molecule has 2 aromatic heterocycles. The minimum atomic E-state index is -4.04. The van der Waals surface area contributed by atoms with Crippen molar-refractivity contribution in [3.05, 3.63) is 78.1 Å². The first-order chi connectivity index (χ1) is 19.5. The highest BCUT2D eigenvalue weighted by molar-refractivity contribution is 7.89. The van der Waals surface area contributed by atoms with Crippen LogP contribution in [0.25, 0.3) is 10.9 Å². The van der Waals surface area contributed by atoms with Crippen molar-refractivity contribution in [2.24, 2.45) is 5.92 Å². The van der Waals surface area contributed by atoms with Crippen molar-refractivity contribution in [3.8, 4) is 17.4 Å². The molecule has 5 N–H and O–H groups in total. The van der Waals surface area contributed by atoms with E-state index in [2.05, 4.69) is 15.3 Å². The van der Waals surface area contributed by atoms with Gasteiger partial charge in [-0.1, -0.05) is 44.2 Å². The number of phenolic OH excluding ortho intramolecular Hbond substituents is 2. The third kappa shape index (κ3) is 7.15. The van der Waals surface area contributed by atoms with Gasteiger partial charge in [-0.25, -0.2) is 13.4 Å². The van der Waals surface area contributed by atoms with Crippen LogP contribution in [-0.2, 0) is 16.4 Å². The molecule has 0 fully saturated rings. The Hall–Kier alpha value is -4.13. The summed E-state index contributed by atoms with van der Waals surface area (Å²) in [5, 5.41) is 34.4. The molecule has 0 aliphatic rings. The van der Waals surface area contributed by atoms with Crippen LogP contribution in [-0.4, -0.2) is 76.3 Å². The van der Waals surface area contributed by atoms with Crippen LogP contribution >= 0.6 is 0 Å². The zero-order valence-electron chi connectivity index (χ0n) is 23.0. The van der Waals surface area contributed by atoms with E-state index in [4.69, 9.17) is 4.74 Å². The molecule has 0 spiro atoms. The van der Waals surface area contributed by atoms with E-state index in [0.717, 1.165) is 5.56 Å². The summed E-state index contributed by atoms with van der Waals surface area (Å²) in [6, 6.07) is 15.4. The van der Waals surface area contributed by atoms with Gasteiger partial charge in [-0.2, -0.15) is 4.31 Å². The van der Waals surface area contributed by atoms with Gasteiger partial charge < -0.3 is 30.4 Å². The minimum absolute atomic E-state index is 0.0422. The van der Waals surface area contributed by atoms with Gasteiger partial charge in [0.2, 0.25) is 15.9 Å². The first-order valence-electron chi connectivity index (χ1n) is 13.1. The molecule has 0 radical (unpaired) electrons. The van der Waals surface area contributed by atoms with Gasteiger partial charge in [0.25, 0.3) is 5.91 Å². The van der Waals surface area contributed by atoms with Gasteiger partial charge in [-0.05, 0) is 36.1 Å². The van der Waals surface area contributed by atoms with Crippen molar-refractivity contribution in [3.63, 3.8) is 0 Å². The van der Waals surface area contributed by atoms with Crippen LogP contribution < -0.4 is 10.1 Å². The van der Waals surface area contributed by atoms with E-state index in [1.54, 1.807) is 0 Å². The van der Waals surface area contributed by atoms with Gasteiger partial charge in [0, 0.05) is 36.1 Å². The van der Waals surface area contributed by atoms with Crippen molar-refractivity contribution in [2.45, 2.75) is 37.3 Å². The summed E-state index contributed by atoms with van der Waals surface area (Å²) in [5.41, 5.74) is 1.42. The molecule has 1 amide bonds. The molecule has 0 aliphatic carbocycles. The van der Waals surface area contributed by atoms with Crippen LogP contribution in [0, 0.1) is 5.92 Å². The maximum absolute atomic E-state index is 13.6. The third-order valence-corrected chi connectivity index (χ3v) is 8.37. The molecule has 4 rings (SSSR count). The standard InChI is InChI=1S/C29H34N4O7S/c1-18(2)16-33(41(38,39)21-9-10-28(40-3)30-15-21)17-27(36)23(11-19-7-5-4-6-8-19)32-29(37)24-12-20-13-25(34)26(35)14-22(20)31-24/h4-10,12-15,18,23,27,31,34-36H,11,16-17H2,1-3H3,(H,32,37)/t23-,27+/m0/s1. The lowest BCUT2D eigenvalue weighted by Gasteiger charge is -2.30. The number of nitrogens with zero attached hydrogens (tertiary/aromatic N) is 2. The van der Waals surface area contributed by atoms with E-state index < -0.39 is 28.1 Å². The van der Waals surface area contributed by atoms with E-state index in [-0.39, 0.29) is 53.4 Å². The average Bonchev–Trinajstić information content (AvgIpc) is 3.35. The SMILES string of the molecule is COc1ccc(S(=O)(=O)N(CC(C)C)C[C@@H](O)[C@H](Cc2ccccc2)NC(=O)c2cc3cc(O)c(O)cc3[nH]2)cn1. The summed E-state index contributed by atoms with van der Waals surface area (Å²) in [5.74, 6) is -0.976. The Balaban J connectivity index is 1.61. The number of methoxy groups -OCH3 is 1. The van der Waals surface area contributed by atoms with Crippen molar-refractivity contribution in [2.75, 3.05) is 20.2 Å². The van der Waals surface area contributed by atoms with E-state index in [9.17, 15) is 28.5 Å². The topological polar surface area (TPSA) is 165 Å². The second kappa shape index (κ2) is 12.6. The van der Waals surface area contributed by atoms with Gasteiger partial charge in [-0.3, -0.25) is 4.79 Å². The van der Waals surface area contributed by atoms with Gasteiger partial charge in [0.1, 0.15) is 10.6 Å². The number of amides is 1. The van der Waals surface area contributed by atoms with Crippen LogP contribution in [0.5, 0.6) is 17.4 Å². The number of aliphatic hydroxyl groups is 1. The number of H-pyrrole nitrogens is 1. The summed E-state index contributed by atoms with van der Waals surface area (Å²) in [4.78, 5) is 20.2. The van der Waals surface area contributed by atoms with Crippen LogP contribution in [0.1, 0.15) is 29.9 Å². The number of aromatic amines is 1. The average molecular weight is 583 g/mol. The quantitative estimate of drug-likeness (QED) is 0.159. The molecule has 0 unspecified atom stereocenters. The molecule has 2 atom stereocenters. The summed E-state index contributed by atoms with van der Waals surface area (Å²) in [6.07, 6.45) is 0.161. The predicted octanol–water partition coefficient (Wildman–Crippen LogP) is 3.03. The number of rotatable bonds is 12. The number of nitrogens with one attached hydrogen (secondary N) is 2. The van der Waals surface area contributed by atoms with Crippen molar-refractivity contribution in [1.82, 2.24) is 19.6 Å². The number of aliphatic hydroxyl groups excluding tert-OH is 1. The maximum atomic E-state index is 13.6. The molecule has 218 valence electrons. The smallest absolute Gasteiger partial charge is 0.268 e. The van der Waals surface area contributed by atoms with Crippen LogP contribution in [0.2, 0.25) is 0 Å². The fourth-order valence-corrected chi connectivity index (χ4v) is 6.05. The van der Waals surface area contributed by atoms with Gasteiger partial charge in [-0.15, -0.1) is 0 Å². The highest BCUT2D eigenvalue weighted by Crippen LogP contribution is 2.30. The number of sulfonamides is 1.